The molecule has 0 aromatic heterocycles. The van der Waals surface area contributed by atoms with Crippen LogP contribution in [0.2, 0.25) is 0 Å². The summed E-state index contributed by atoms with van der Waals surface area (Å²) in [5, 5.41) is 0. The van der Waals surface area contributed by atoms with E-state index in [1.165, 1.54) is 11.3 Å². The largest absolute Gasteiger partial charge is 0.493 e. The summed E-state index contributed by atoms with van der Waals surface area (Å²) in [5.74, 6) is 1.61. The first-order valence-corrected chi connectivity index (χ1v) is 12.3. The SMILES string of the molecule is CCN1CCN(c2cccc3c2[C@H]2CCCCC(c4ccc(OC)c(OC)c4)N2C3=O)CC1. The van der Waals surface area contributed by atoms with E-state index in [2.05, 4.69) is 39.8 Å². The molecule has 5 rings (SSSR count). The van der Waals surface area contributed by atoms with Crippen molar-refractivity contribution in [3.63, 3.8) is 0 Å². The Morgan fingerprint density at radius 2 is 1.64 bits per heavy atom. The van der Waals surface area contributed by atoms with Crippen LogP contribution in [0, 0.1) is 0 Å². The van der Waals surface area contributed by atoms with Crippen molar-refractivity contribution in [2.45, 2.75) is 44.7 Å². The van der Waals surface area contributed by atoms with Gasteiger partial charge >= 0.3 is 0 Å². The lowest BCUT2D eigenvalue weighted by molar-refractivity contribution is 0.0628. The van der Waals surface area contributed by atoms with Crippen LogP contribution in [0.15, 0.2) is 36.4 Å². The van der Waals surface area contributed by atoms with Gasteiger partial charge in [0.05, 0.1) is 26.3 Å². The zero-order valence-corrected chi connectivity index (χ0v) is 20.0. The molecule has 1 amide bonds. The van der Waals surface area contributed by atoms with Crippen molar-refractivity contribution in [3.05, 3.63) is 53.1 Å². The Hall–Kier alpha value is -2.73. The number of hydrogen-bond acceptors (Lipinski definition) is 5. The van der Waals surface area contributed by atoms with Gasteiger partial charge in [0.1, 0.15) is 0 Å². The molecule has 1 unspecified atom stereocenters. The molecule has 0 saturated carbocycles. The third-order valence-corrected chi connectivity index (χ3v) is 7.71. The van der Waals surface area contributed by atoms with Gasteiger partial charge in [-0.1, -0.05) is 31.9 Å². The summed E-state index contributed by atoms with van der Waals surface area (Å²) < 4.78 is 11.0. The van der Waals surface area contributed by atoms with E-state index in [9.17, 15) is 4.79 Å². The van der Waals surface area contributed by atoms with Crippen LogP contribution in [0.4, 0.5) is 5.69 Å². The zero-order chi connectivity index (χ0) is 22.9. The lowest BCUT2D eigenvalue weighted by Gasteiger charge is -2.37. The van der Waals surface area contributed by atoms with E-state index >= 15 is 0 Å². The minimum atomic E-state index is 0.0435. The molecule has 2 aromatic carbocycles. The maximum absolute atomic E-state index is 13.8. The molecular weight excluding hydrogens is 414 g/mol. The number of methoxy groups -OCH3 is 2. The first-order valence-electron chi connectivity index (χ1n) is 12.3. The number of amides is 1. The van der Waals surface area contributed by atoms with E-state index in [-0.39, 0.29) is 18.0 Å². The zero-order valence-electron chi connectivity index (χ0n) is 20.0. The number of likely N-dealkylation sites (N-methyl/N-ethyl adjacent to an activating group) is 1. The third kappa shape index (κ3) is 3.84. The number of benzene rings is 2. The molecule has 0 N–H and O–H groups in total. The highest BCUT2D eigenvalue weighted by Gasteiger charge is 2.44. The van der Waals surface area contributed by atoms with E-state index in [0.717, 1.165) is 81.0 Å². The second-order valence-electron chi connectivity index (χ2n) is 9.30. The Labute approximate surface area is 197 Å². The molecule has 33 heavy (non-hydrogen) atoms. The van der Waals surface area contributed by atoms with E-state index in [1.54, 1.807) is 14.2 Å². The number of nitrogens with zero attached hydrogens (tertiary/aromatic N) is 3. The van der Waals surface area contributed by atoms with Gasteiger partial charge in [-0.25, -0.2) is 0 Å². The molecule has 3 heterocycles. The molecule has 2 aromatic rings. The summed E-state index contributed by atoms with van der Waals surface area (Å²) >= 11 is 0. The van der Waals surface area contributed by atoms with Crippen LogP contribution in [0.1, 0.15) is 66.2 Å². The predicted octanol–water partition coefficient (Wildman–Crippen LogP) is 4.66. The third-order valence-electron chi connectivity index (χ3n) is 7.71. The van der Waals surface area contributed by atoms with Gasteiger partial charge in [-0.15, -0.1) is 0 Å². The highest BCUT2D eigenvalue weighted by atomic mass is 16.5. The molecular formula is C27H35N3O3. The molecule has 2 atom stereocenters. The Kier molecular flexibility index (Phi) is 6.19. The van der Waals surface area contributed by atoms with Gasteiger partial charge in [-0.05, 0) is 49.2 Å². The van der Waals surface area contributed by atoms with Crippen LogP contribution < -0.4 is 14.4 Å². The number of hydrogen-bond donors (Lipinski definition) is 0. The van der Waals surface area contributed by atoms with Crippen molar-refractivity contribution in [2.75, 3.05) is 51.8 Å². The number of fused-ring (bicyclic) bond motifs is 3. The van der Waals surface area contributed by atoms with Crippen molar-refractivity contribution in [2.24, 2.45) is 0 Å². The van der Waals surface area contributed by atoms with Gasteiger partial charge in [-0.3, -0.25) is 4.79 Å². The van der Waals surface area contributed by atoms with Crippen LogP contribution in [0.5, 0.6) is 11.5 Å². The van der Waals surface area contributed by atoms with E-state index in [4.69, 9.17) is 9.47 Å². The summed E-state index contributed by atoms with van der Waals surface area (Å²) in [6.07, 6.45) is 4.24. The van der Waals surface area contributed by atoms with Crippen LogP contribution >= 0.6 is 0 Å². The van der Waals surface area contributed by atoms with Gasteiger partial charge < -0.3 is 24.2 Å². The van der Waals surface area contributed by atoms with E-state index in [0.29, 0.717) is 0 Å². The normalized spacial score (nSPS) is 23.2. The van der Waals surface area contributed by atoms with Crippen LogP contribution in [-0.2, 0) is 0 Å². The highest BCUT2D eigenvalue weighted by molar-refractivity contribution is 6.01. The average Bonchev–Trinajstić information content (AvgIpc) is 3.01. The highest BCUT2D eigenvalue weighted by Crippen LogP contribution is 2.50. The fraction of sp³-hybridized carbons (Fsp3) is 0.519. The lowest BCUT2D eigenvalue weighted by Crippen LogP contribution is -2.46. The van der Waals surface area contributed by atoms with Crippen molar-refractivity contribution in [3.8, 4) is 11.5 Å². The standard InChI is InChI=1S/C27H35N3O3/c1-4-28-14-16-29(17-15-28)22-11-7-8-20-26(22)23-10-6-5-9-21(30(23)27(20)31)19-12-13-24(32-2)25(18-19)33-3/h7-8,11-13,18,21,23H,4-6,9-10,14-17H2,1-3H3/t21?,23-/m1/s1. The monoisotopic (exact) mass is 449 g/mol. The number of carbonyl (C=O) groups is 1. The minimum absolute atomic E-state index is 0.0435. The minimum Gasteiger partial charge on any atom is -0.493 e. The fourth-order valence-corrected chi connectivity index (χ4v) is 5.93. The van der Waals surface area contributed by atoms with Gasteiger partial charge in [0.2, 0.25) is 0 Å². The second-order valence-corrected chi connectivity index (χ2v) is 9.30. The number of piperazine rings is 1. The molecule has 6 nitrogen and oxygen atoms in total. The van der Waals surface area contributed by atoms with Gasteiger partial charge in [0, 0.05) is 43.0 Å². The van der Waals surface area contributed by atoms with E-state index in [1.807, 2.05) is 18.2 Å². The molecule has 3 aliphatic heterocycles. The summed E-state index contributed by atoms with van der Waals surface area (Å²) in [4.78, 5) is 21.0. The number of anilines is 1. The van der Waals surface area contributed by atoms with Crippen LogP contribution in [-0.4, -0.2) is 62.7 Å². The summed E-state index contributed by atoms with van der Waals surface area (Å²) in [5.41, 5.74) is 4.53. The lowest BCUT2D eigenvalue weighted by atomic mass is 9.97. The quantitative estimate of drug-likeness (QED) is 0.665. The topological polar surface area (TPSA) is 45.2 Å². The maximum atomic E-state index is 13.8. The average molecular weight is 450 g/mol. The molecule has 0 spiro atoms. The van der Waals surface area contributed by atoms with Crippen molar-refractivity contribution in [1.82, 2.24) is 9.80 Å². The first kappa shape index (κ1) is 22.1. The molecule has 2 saturated heterocycles. The Bertz CT molecular complexity index is 1020. The molecule has 176 valence electrons. The van der Waals surface area contributed by atoms with Crippen LogP contribution in [0.25, 0.3) is 0 Å². The van der Waals surface area contributed by atoms with Crippen molar-refractivity contribution in [1.29, 1.82) is 0 Å². The van der Waals surface area contributed by atoms with Crippen molar-refractivity contribution >= 4 is 11.6 Å². The Balaban J connectivity index is 1.51. The molecule has 6 heteroatoms. The number of ether oxygens (including phenoxy) is 2. The molecule has 0 aliphatic carbocycles. The first-order chi connectivity index (χ1) is 16.2. The summed E-state index contributed by atoms with van der Waals surface area (Å²) in [7, 11) is 3.32. The predicted molar refractivity (Wildman–Crippen MR) is 130 cm³/mol. The Morgan fingerprint density at radius 1 is 0.909 bits per heavy atom. The molecule has 3 aliphatic rings. The van der Waals surface area contributed by atoms with Crippen LogP contribution in [0.3, 0.4) is 0 Å². The number of rotatable bonds is 5. The Morgan fingerprint density at radius 3 is 2.33 bits per heavy atom. The maximum Gasteiger partial charge on any atom is 0.255 e. The van der Waals surface area contributed by atoms with Gasteiger partial charge in [0.25, 0.3) is 5.91 Å². The fourth-order valence-electron chi connectivity index (χ4n) is 5.93. The van der Waals surface area contributed by atoms with Gasteiger partial charge in [0.15, 0.2) is 11.5 Å². The van der Waals surface area contributed by atoms with Gasteiger partial charge in [-0.2, -0.15) is 0 Å². The number of carbonyl (C=O) groups excluding carboxylic acids is 1. The second kappa shape index (κ2) is 9.26. The smallest absolute Gasteiger partial charge is 0.255 e. The summed E-state index contributed by atoms with van der Waals surface area (Å²) in [6, 6.07) is 12.6. The molecule has 0 radical (unpaired) electrons. The van der Waals surface area contributed by atoms with E-state index < -0.39 is 0 Å². The molecule has 0 bridgehead atoms. The van der Waals surface area contributed by atoms with Crippen molar-refractivity contribution < 1.29 is 14.3 Å². The summed E-state index contributed by atoms with van der Waals surface area (Å²) in [6.45, 7) is 7.52. The molecule has 2 fully saturated rings.